The number of alkyl halides is 3. The highest BCUT2D eigenvalue weighted by Gasteiger charge is 2.55. The van der Waals surface area contributed by atoms with E-state index in [0.717, 1.165) is 10.5 Å². The number of morpholine rings is 1. The van der Waals surface area contributed by atoms with Crippen LogP contribution in [0.2, 0.25) is 0 Å². The van der Waals surface area contributed by atoms with Gasteiger partial charge in [-0.05, 0) is 68.0 Å². The Bertz CT molecular complexity index is 1620. The second-order valence-electron chi connectivity index (χ2n) is 11.3. The highest BCUT2D eigenvalue weighted by atomic mass is 79.9. The molecule has 7 nitrogen and oxygen atoms in total. The van der Waals surface area contributed by atoms with Crippen LogP contribution in [-0.2, 0) is 15.7 Å². The third kappa shape index (κ3) is 4.76. The number of nitrogens with zero attached hydrogens (tertiary/aromatic N) is 2. The van der Waals surface area contributed by atoms with Gasteiger partial charge in [0, 0.05) is 28.5 Å². The fourth-order valence-electron chi connectivity index (χ4n) is 6.69. The molecule has 0 spiro atoms. The number of nitrogens with one attached hydrogen (secondary N) is 1. The number of aliphatic carboxylic acids is 1. The number of halogens is 4. The molecule has 1 amide bonds. The summed E-state index contributed by atoms with van der Waals surface area (Å²) < 4.78 is 48.8. The van der Waals surface area contributed by atoms with Crippen molar-refractivity contribution < 1.29 is 32.6 Å². The molecule has 0 radical (unpaired) electrons. The van der Waals surface area contributed by atoms with E-state index in [1.807, 2.05) is 25.1 Å². The number of ether oxygens (including phenoxy) is 1. The number of amides is 1. The number of anilines is 1. The number of pyridine rings is 1. The molecule has 1 saturated carbocycles. The van der Waals surface area contributed by atoms with Crippen LogP contribution in [0.1, 0.15) is 52.7 Å². The van der Waals surface area contributed by atoms with Crippen LogP contribution in [0.4, 0.5) is 19.0 Å². The topological polar surface area (TPSA) is 91.8 Å². The third-order valence-corrected chi connectivity index (χ3v) is 9.43. The monoisotopic (exact) mass is 643 g/mol. The molecule has 2 bridgehead atoms. The molecule has 3 aliphatic carbocycles. The lowest BCUT2D eigenvalue weighted by molar-refractivity contribution is -0.148. The van der Waals surface area contributed by atoms with Gasteiger partial charge in [0.25, 0.3) is 5.91 Å². The molecule has 1 saturated heterocycles. The molecule has 3 aromatic rings. The molecular weight excluding hydrogens is 615 g/mol. The van der Waals surface area contributed by atoms with Gasteiger partial charge < -0.3 is 20.1 Å². The minimum atomic E-state index is -4.66. The first-order valence-electron chi connectivity index (χ1n) is 13.8. The van der Waals surface area contributed by atoms with Crippen molar-refractivity contribution in [3.05, 3.63) is 75.3 Å². The number of rotatable bonds is 5. The van der Waals surface area contributed by atoms with Gasteiger partial charge in [-0.2, -0.15) is 13.2 Å². The maximum atomic E-state index is 14.4. The van der Waals surface area contributed by atoms with E-state index in [1.54, 1.807) is 0 Å². The zero-order valence-electron chi connectivity index (χ0n) is 22.9. The van der Waals surface area contributed by atoms with Gasteiger partial charge in [-0.25, -0.2) is 4.98 Å². The summed E-state index contributed by atoms with van der Waals surface area (Å²) in [5.41, 5.74) is -1.56. The lowest BCUT2D eigenvalue weighted by Gasteiger charge is -2.51. The van der Waals surface area contributed by atoms with Gasteiger partial charge in [0.2, 0.25) is 0 Å². The predicted octanol–water partition coefficient (Wildman–Crippen LogP) is 6.37. The minimum absolute atomic E-state index is 0.108. The van der Waals surface area contributed by atoms with E-state index in [-0.39, 0.29) is 36.8 Å². The normalized spacial score (nSPS) is 24.0. The van der Waals surface area contributed by atoms with Gasteiger partial charge in [0.1, 0.15) is 5.82 Å². The summed E-state index contributed by atoms with van der Waals surface area (Å²) in [7, 11) is 0. The standard InChI is InChI=1S/C31H29BrF3N3O4/c1-18-25(21-16-19(32)6-7-24(21)36-26(18)38-12-14-42-15-13-38)27(39)37-30-10-8-29(9-11-30,28(40)41)17-23(30)20-4-2-3-5-22(20)31(33,34)35/h2-7,16-17H,8-15H2,1H3,(H,37,39)(H,40,41). The van der Waals surface area contributed by atoms with Gasteiger partial charge >= 0.3 is 12.1 Å². The van der Waals surface area contributed by atoms with E-state index in [9.17, 15) is 27.9 Å². The van der Waals surface area contributed by atoms with Crippen molar-refractivity contribution in [1.82, 2.24) is 10.3 Å². The highest BCUT2D eigenvalue weighted by molar-refractivity contribution is 9.10. The number of carboxylic acids is 1. The molecule has 220 valence electrons. The summed E-state index contributed by atoms with van der Waals surface area (Å²) in [6.07, 6.45) is -2.38. The Hall–Kier alpha value is -3.44. The van der Waals surface area contributed by atoms with Crippen LogP contribution in [0.5, 0.6) is 0 Å². The lowest BCUT2D eigenvalue weighted by atomic mass is 9.57. The van der Waals surface area contributed by atoms with Crippen LogP contribution in [0, 0.1) is 12.3 Å². The second kappa shape index (κ2) is 10.4. The van der Waals surface area contributed by atoms with Gasteiger partial charge in [0.05, 0.1) is 40.8 Å². The maximum Gasteiger partial charge on any atom is 0.416 e. The van der Waals surface area contributed by atoms with Gasteiger partial charge in [0.15, 0.2) is 0 Å². The maximum absolute atomic E-state index is 14.4. The summed E-state index contributed by atoms with van der Waals surface area (Å²) >= 11 is 3.49. The zero-order chi connectivity index (χ0) is 29.9. The third-order valence-electron chi connectivity index (χ3n) is 8.94. The van der Waals surface area contributed by atoms with Crippen LogP contribution in [0.25, 0.3) is 16.5 Å². The average molecular weight is 644 g/mol. The molecule has 7 rings (SSSR count). The molecule has 1 aromatic heterocycles. The first-order chi connectivity index (χ1) is 19.9. The van der Waals surface area contributed by atoms with Crippen molar-refractivity contribution >= 4 is 50.1 Å². The molecule has 11 heteroatoms. The number of carbonyl (C=O) groups excluding carboxylic acids is 1. The average Bonchev–Trinajstić information content (AvgIpc) is 2.97. The van der Waals surface area contributed by atoms with Crippen molar-refractivity contribution in [2.75, 3.05) is 31.2 Å². The SMILES string of the molecule is Cc1c(N2CCOCC2)nc2ccc(Br)cc2c1C(=O)NC12CCC(C(=O)O)(C=C1c1ccccc1C(F)(F)F)CC2. The Kier molecular flexibility index (Phi) is 7.08. The molecular formula is C31H29BrF3N3O4. The van der Waals surface area contributed by atoms with E-state index in [0.29, 0.717) is 54.2 Å². The fraction of sp³-hybridized carbons (Fsp3) is 0.387. The lowest BCUT2D eigenvalue weighted by Crippen LogP contribution is -2.57. The number of carboxylic acid groups (broad SMARTS) is 1. The number of aromatic nitrogens is 1. The van der Waals surface area contributed by atoms with Crippen molar-refractivity contribution in [1.29, 1.82) is 0 Å². The Labute approximate surface area is 248 Å². The van der Waals surface area contributed by atoms with E-state index >= 15 is 0 Å². The molecule has 0 unspecified atom stereocenters. The molecule has 1 aliphatic heterocycles. The van der Waals surface area contributed by atoms with Gasteiger partial charge in [-0.15, -0.1) is 0 Å². The molecule has 0 atom stereocenters. The van der Waals surface area contributed by atoms with E-state index in [1.165, 1.54) is 24.3 Å². The first kappa shape index (κ1) is 28.7. The second-order valence-corrected chi connectivity index (χ2v) is 12.2. The van der Waals surface area contributed by atoms with Gasteiger partial charge in [-0.3, -0.25) is 9.59 Å². The summed E-state index contributed by atoms with van der Waals surface area (Å²) in [5.74, 6) is -0.848. The summed E-state index contributed by atoms with van der Waals surface area (Å²) in [5, 5.41) is 13.9. The molecule has 4 aliphatic rings. The molecule has 2 N–H and O–H groups in total. The molecule has 2 heterocycles. The Morgan fingerprint density at radius 1 is 1.07 bits per heavy atom. The van der Waals surface area contributed by atoms with Crippen molar-refractivity contribution in [2.45, 2.75) is 44.3 Å². The molecule has 2 aromatic carbocycles. The summed E-state index contributed by atoms with van der Waals surface area (Å²) in [6.45, 7) is 4.11. The highest BCUT2D eigenvalue weighted by Crippen LogP contribution is 2.55. The number of benzene rings is 2. The first-order valence-corrected chi connectivity index (χ1v) is 14.6. The zero-order valence-corrected chi connectivity index (χ0v) is 24.4. The minimum Gasteiger partial charge on any atom is -0.481 e. The van der Waals surface area contributed by atoms with E-state index < -0.39 is 34.6 Å². The fourth-order valence-corrected chi connectivity index (χ4v) is 7.05. The summed E-state index contributed by atoms with van der Waals surface area (Å²) in [4.78, 5) is 33.7. The predicted molar refractivity (Wildman–Crippen MR) is 155 cm³/mol. The quantitative estimate of drug-likeness (QED) is 0.336. The Balaban J connectivity index is 1.49. The van der Waals surface area contributed by atoms with E-state index in [4.69, 9.17) is 9.72 Å². The van der Waals surface area contributed by atoms with E-state index in [2.05, 4.69) is 26.1 Å². The van der Waals surface area contributed by atoms with Crippen LogP contribution in [-0.4, -0.2) is 53.8 Å². The van der Waals surface area contributed by atoms with Gasteiger partial charge in [-0.1, -0.05) is 40.2 Å². The number of fused-ring (bicyclic) bond motifs is 3. The van der Waals surface area contributed by atoms with Crippen LogP contribution < -0.4 is 10.2 Å². The van der Waals surface area contributed by atoms with Crippen LogP contribution in [0.3, 0.4) is 0 Å². The Morgan fingerprint density at radius 3 is 2.43 bits per heavy atom. The smallest absolute Gasteiger partial charge is 0.416 e. The number of hydrogen-bond donors (Lipinski definition) is 2. The Morgan fingerprint density at radius 2 is 1.76 bits per heavy atom. The van der Waals surface area contributed by atoms with Crippen molar-refractivity contribution in [2.24, 2.45) is 5.41 Å². The van der Waals surface area contributed by atoms with Crippen molar-refractivity contribution in [3.8, 4) is 0 Å². The largest absolute Gasteiger partial charge is 0.481 e. The van der Waals surface area contributed by atoms with Crippen molar-refractivity contribution in [3.63, 3.8) is 0 Å². The van der Waals surface area contributed by atoms with Crippen LogP contribution in [0.15, 0.2) is 53.0 Å². The molecule has 42 heavy (non-hydrogen) atoms. The number of hydrogen-bond acceptors (Lipinski definition) is 5. The van der Waals surface area contributed by atoms with Crippen LogP contribution >= 0.6 is 15.9 Å². The number of carbonyl (C=O) groups is 2. The summed E-state index contributed by atoms with van der Waals surface area (Å²) in [6, 6.07) is 10.7. The molecule has 2 fully saturated rings.